The zero-order valence-corrected chi connectivity index (χ0v) is 16.3. The Morgan fingerprint density at radius 2 is 2.10 bits per heavy atom. The van der Waals surface area contributed by atoms with Crippen LogP contribution in [0.5, 0.6) is 5.75 Å². The minimum Gasteiger partial charge on any atom is -0.489 e. The van der Waals surface area contributed by atoms with Crippen LogP contribution < -0.4 is 15.1 Å². The first kappa shape index (κ1) is 18.4. The van der Waals surface area contributed by atoms with Crippen molar-refractivity contribution in [3.05, 3.63) is 33.9 Å². The number of nitrogens with zero attached hydrogens (tertiary/aromatic N) is 2. The molecule has 1 unspecified atom stereocenters. The lowest BCUT2D eigenvalue weighted by Gasteiger charge is -2.36. The molecule has 7 nitrogen and oxygen atoms in total. The van der Waals surface area contributed by atoms with E-state index in [4.69, 9.17) is 14.2 Å². The second-order valence-corrected chi connectivity index (χ2v) is 7.72. The zero-order valence-electron chi connectivity index (χ0n) is 16.3. The molecule has 5 rings (SSSR count). The van der Waals surface area contributed by atoms with Crippen LogP contribution in [-0.4, -0.2) is 49.6 Å². The molecule has 3 heterocycles. The van der Waals surface area contributed by atoms with E-state index in [1.54, 1.807) is 13.1 Å². The number of rotatable bonds is 3. The fourth-order valence-electron chi connectivity index (χ4n) is 4.33. The molecule has 0 radical (unpaired) electrons. The van der Waals surface area contributed by atoms with Crippen molar-refractivity contribution in [3.63, 3.8) is 0 Å². The Hall–Kier alpha value is -2.61. The summed E-state index contributed by atoms with van der Waals surface area (Å²) >= 11 is 0. The zero-order chi connectivity index (χ0) is 20.1. The Bertz CT molecular complexity index is 1050. The van der Waals surface area contributed by atoms with E-state index >= 15 is 4.39 Å². The van der Waals surface area contributed by atoms with Crippen molar-refractivity contribution in [2.24, 2.45) is 0 Å². The number of pyridine rings is 1. The lowest BCUT2D eigenvalue weighted by Crippen LogP contribution is -2.45. The lowest BCUT2D eigenvalue weighted by molar-refractivity contribution is 0.0524. The van der Waals surface area contributed by atoms with E-state index in [2.05, 4.69) is 0 Å². The maximum Gasteiger partial charge on any atom is 0.343 e. The number of aromatic nitrogens is 1. The molecule has 1 atom stereocenters. The second-order valence-electron chi connectivity index (χ2n) is 7.72. The van der Waals surface area contributed by atoms with Crippen molar-refractivity contribution >= 4 is 22.6 Å². The maximum atomic E-state index is 15.3. The highest BCUT2D eigenvalue weighted by Crippen LogP contribution is 2.45. The van der Waals surface area contributed by atoms with E-state index in [-0.39, 0.29) is 29.6 Å². The van der Waals surface area contributed by atoms with Crippen molar-refractivity contribution in [1.82, 2.24) is 4.57 Å². The van der Waals surface area contributed by atoms with Crippen LogP contribution in [0.1, 0.15) is 42.6 Å². The van der Waals surface area contributed by atoms with Gasteiger partial charge in [-0.15, -0.1) is 0 Å². The number of halogens is 1. The highest BCUT2D eigenvalue weighted by molar-refractivity contribution is 5.97. The minimum absolute atomic E-state index is 0.0388. The van der Waals surface area contributed by atoms with Gasteiger partial charge in [-0.1, -0.05) is 0 Å². The summed E-state index contributed by atoms with van der Waals surface area (Å²) in [7, 11) is 0. The standard InChI is InChI=1S/C21H23FN2O5/c1-2-28-21(26)15-10-24(12-3-4-12)17-14(19(15)25)9-16(22)18-20(17)29-7-5-13-11-27-8-6-23(13)18/h9-10,12-13H,2-8,11H2,1H3. The van der Waals surface area contributed by atoms with E-state index in [9.17, 15) is 9.59 Å². The van der Waals surface area contributed by atoms with Crippen molar-refractivity contribution in [2.75, 3.05) is 37.9 Å². The summed E-state index contributed by atoms with van der Waals surface area (Å²) in [4.78, 5) is 27.4. The van der Waals surface area contributed by atoms with E-state index in [0.717, 1.165) is 12.8 Å². The van der Waals surface area contributed by atoms with Crippen LogP contribution in [-0.2, 0) is 9.47 Å². The number of carbonyl (C=O) groups excluding carboxylic acids is 1. The summed E-state index contributed by atoms with van der Waals surface area (Å²) < 4.78 is 33.9. The Kier molecular flexibility index (Phi) is 4.46. The first-order valence-electron chi connectivity index (χ1n) is 10.2. The molecule has 2 aromatic rings. The largest absolute Gasteiger partial charge is 0.489 e. The Balaban J connectivity index is 1.79. The topological polar surface area (TPSA) is 70.0 Å². The number of carbonyl (C=O) groups is 1. The smallest absolute Gasteiger partial charge is 0.343 e. The molecule has 2 fully saturated rings. The van der Waals surface area contributed by atoms with Gasteiger partial charge in [0.2, 0.25) is 5.43 Å². The number of anilines is 1. The van der Waals surface area contributed by atoms with E-state index in [1.807, 2.05) is 9.47 Å². The molecule has 154 valence electrons. The van der Waals surface area contributed by atoms with Gasteiger partial charge < -0.3 is 23.7 Å². The minimum atomic E-state index is -0.682. The van der Waals surface area contributed by atoms with Crippen molar-refractivity contribution < 1.29 is 23.4 Å². The normalized spacial score (nSPS) is 21.2. The molecule has 1 aromatic carbocycles. The van der Waals surface area contributed by atoms with Crippen LogP contribution in [0.3, 0.4) is 0 Å². The van der Waals surface area contributed by atoms with Crippen molar-refractivity contribution in [1.29, 1.82) is 0 Å². The monoisotopic (exact) mass is 402 g/mol. The number of benzene rings is 1. The molecule has 1 aliphatic carbocycles. The fourth-order valence-corrected chi connectivity index (χ4v) is 4.33. The molecular formula is C21H23FN2O5. The molecule has 3 aliphatic rings. The van der Waals surface area contributed by atoms with Crippen LogP contribution in [0.4, 0.5) is 10.1 Å². The first-order valence-corrected chi connectivity index (χ1v) is 10.2. The molecule has 29 heavy (non-hydrogen) atoms. The Labute approximate surface area is 166 Å². The van der Waals surface area contributed by atoms with Gasteiger partial charge in [-0.3, -0.25) is 4.79 Å². The third kappa shape index (κ3) is 2.97. The Morgan fingerprint density at radius 3 is 2.86 bits per heavy atom. The summed E-state index contributed by atoms with van der Waals surface area (Å²) in [5.74, 6) is -0.802. The van der Waals surface area contributed by atoms with Crippen LogP contribution >= 0.6 is 0 Å². The molecule has 2 aliphatic heterocycles. The average Bonchev–Trinajstić information content (AvgIpc) is 3.55. The highest BCUT2D eigenvalue weighted by atomic mass is 19.1. The van der Waals surface area contributed by atoms with Gasteiger partial charge in [0, 0.05) is 25.2 Å². The van der Waals surface area contributed by atoms with E-state index in [1.165, 1.54) is 6.07 Å². The molecule has 1 saturated carbocycles. The lowest BCUT2D eigenvalue weighted by atomic mass is 10.1. The summed E-state index contributed by atoms with van der Waals surface area (Å²) in [6.07, 6.45) is 4.15. The van der Waals surface area contributed by atoms with Gasteiger partial charge in [0.1, 0.15) is 11.3 Å². The van der Waals surface area contributed by atoms with E-state index < -0.39 is 17.2 Å². The molecule has 1 saturated heterocycles. The third-order valence-corrected chi connectivity index (χ3v) is 5.85. The predicted molar refractivity (Wildman–Crippen MR) is 104 cm³/mol. The van der Waals surface area contributed by atoms with Crippen molar-refractivity contribution in [2.45, 2.75) is 38.3 Å². The third-order valence-electron chi connectivity index (χ3n) is 5.85. The predicted octanol–water partition coefficient (Wildman–Crippen LogP) is 2.64. The van der Waals surface area contributed by atoms with Gasteiger partial charge in [0.15, 0.2) is 11.6 Å². The summed E-state index contributed by atoms with van der Waals surface area (Å²) in [6.45, 7) is 3.87. The number of esters is 1. The van der Waals surface area contributed by atoms with Gasteiger partial charge in [-0.2, -0.15) is 0 Å². The highest BCUT2D eigenvalue weighted by Gasteiger charge is 2.35. The maximum absolute atomic E-state index is 15.3. The van der Waals surface area contributed by atoms with Gasteiger partial charge in [0.05, 0.1) is 43.4 Å². The number of hydrogen-bond acceptors (Lipinski definition) is 6. The quantitative estimate of drug-likeness (QED) is 0.736. The average molecular weight is 402 g/mol. The summed E-state index contributed by atoms with van der Waals surface area (Å²) in [5, 5.41) is 0.158. The molecule has 0 spiro atoms. The molecule has 8 heteroatoms. The molecule has 0 amide bonds. The molecular weight excluding hydrogens is 379 g/mol. The number of hydrogen-bond donors (Lipinski definition) is 0. The number of morpholine rings is 1. The van der Waals surface area contributed by atoms with Crippen molar-refractivity contribution in [3.8, 4) is 5.75 Å². The SMILES string of the molecule is CCOC(=O)c1cn(C2CC2)c2c3c(c(F)cc2c1=O)N1CCOCC1CCO3. The molecule has 0 N–H and O–H groups in total. The molecule has 1 aromatic heterocycles. The fraction of sp³-hybridized carbons (Fsp3) is 0.524. The van der Waals surface area contributed by atoms with Crippen LogP contribution in [0.25, 0.3) is 10.9 Å². The second kappa shape index (κ2) is 7.02. The number of ether oxygens (including phenoxy) is 3. The van der Waals surface area contributed by atoms with Crippen LogP contribution in [0.15, 0.2) is 17.1 Å². The van der Waals surface area contributed by atoms with Gasteiger partial charge in [0.25, 0.3) is 0 Å². The van der Waals surface area contributed by atoms with Gasteiger partial charge in [-0.25, -0.2) is 9.18 Å². The summed E-state index contributed by atoms with van der Waals surface area (Å²) in [5.41, 5.74) is 0.363. The first-order chi connectivity index (χ1) is 14.1. The number of fused-ring (bicyclic) bond motifs is 5. The van der Waals surface area contributed by atoms with Crippen LogP contribution in [0, 0.1) is 5.82 Å². The molecule has 0 bridgehead atoms. The summed E-state index contributed by atoms with van der Waals surface area (Å²) in [6, 6.07) is 1.45. The Morgan fingerprint density at radius 1 is 1.28 bits per heavy atom. The van der Waals surface area contributed by atoms with Crippen LogP contribution in [0.2, 0.25) is 0 Å². The van der Waals surface area contributed by atoms with E-state index in [0.29, 0.717) is 49.7 Å². The van der Waals surface area contributed by atoms with Gasteiger partial charge >= 0.3 is 5.97 Å². The van der Waals surface area contributed by atoms with Gasteiger partial charge in [-0.05, 0) is 25.8 Å².